The monoisotopic (exact) mass is 448 g/mol. The predicted molar refractivity (Wildman–Crippen MR) is 117 cm³/mol. The van der Waals surface area contributed by atoms with E-state index in [2.05, 4.69) is 4.90 Å². The van der Waals surface area contributed by atoms with E-state index in [0.717, 1.165) is 5.69 Å². The van der Waals surface area contributed by atoms with Crippen LogP contribution < -0.4 is 16.0 Å². The number of halogens is 1. The number of aromatic nitrogens is 2. The Morgan fingerprint density at radius 3 is 2.07 bits per heavy atom. The molecule has 10 heteroatoms. The number of hydrogen-bond acceptors (Lipinski definition) is 5. The molecule has 158 valence electrons. The average Bonchev–Trinajstić information content (AvgIpc) is 2.76. The van der Waals surface area contributed by atoms with Gasteiger partial charge in [-0.2, -0.15) is 4.31 Å². The Morgan fingerprint density at radius 1 is 0.833 bits per heavy atom. The van der Waals surface area contributed by atoms with Gasteiger partial charge in [-0.1, -0.05) is 23.7 Å². The highest BCUT2D eigenvalue weighted by atomic mass is 35.5. The Labute approximate surface area is 178 Å². The quantitative estimate of drug-likeness (QED) is 0.565. The molecule has 0 aliphatic carbocycles. The van der Waals surface area contributed by atoms with E-state index in [1.165, 1.54) is 39.7 Å². The zero-order valence-corrected chi connectivity index (χ0v) is 18.2. The smallest absolute Gasteiger partial charge is 0.316 e. The number of benzene rings is 2. The van der Waals surface area contributed by atoms with E-state index in [0.29, 0.717) is 42.2 Å². The van der Waals surface area contributed by atoms with Crippen molar-refractivity contribution in [2.24, 2.45) is 14.1 Å². The maximum absolute atomic E-state index is 13.2. The average molecular weight is 449 g/mol. The second-order valence-corrected chi connectivity index (χ2v) is 9.57. The van der Waals surface area contributed by atoms with Gasteiger partial charge >= 0.3 is 11.1 Å². The standard InChI is InChI=1S/C20H21ClN4O4S/c1-22-17-8-7-14(13-18(17)23(2)20(27)19(22)26)30(28,29)25-11-9-24(10-12-25)16-6-4-3-5-15(16)21/h3-8,13H,9-12H2,1-2H3. The largest absolute Gasteiger partial charge is 0.368 e. The highest BCUT2D eigenvalue weighted by Crippen LogP contribution is 2.28. The van der Waals surface area contributed by atoms with Gasteiger partial charge in [-0.15, -0.1) is 0 Å². The van der Waals surface area contributed by atoms with Gasteiger partial charge in [0.05, 0.1) is 26.6 Å². The van der Waals surface area contributed by atoms with Crippen molar-refractivity contribution in [2.75, 3.05) is 31.1 Å². The summed E-state index contributed by atoms with van der Waals surface area (Å²) in [6, 6.07) is 12.0. The summed E-state index contributed by atoms with van der Waals surface area (Å²) in [6.07, 6.45) is 0. The first-order chi connectivity index (χ1) is 14.2. The van der Waals surface area contributed by atoms with Gasteiger partial charge in [0.2, 0.25) is 10.0 Å². The van der Waals surface area contributed by atoms with Gasteiger partial charge in [0.1, 0.15) is 0 Å². The van der Waals surface area contributed by atoms with Crippen molar-refractivity contribution in [3.63, 3.8) is 0 Å². The lowest BCUT2D eigenvalue weighted by atomic mass is 10.2. The molecule has 1 saturated heterocycles. The van der Waals surface area contributed by atoms with Crippen LogP contribution in [0.3, 0.4) is 0 Å². The van der Waals surface area contributed by atoms with E-state index >= 15 is 0 Å². The summed E-state index contributed by atoms with van der Waals surface area (Å²) in [6.45, 7) is 1.67. The zero-order valence-electron chi connectivity index (χ0n) is 16.6. The summed E-state index contributed by atoms with van der Waals surface area (Å²) >= 11 is 6.26. The number of nitrogens with zero attached hydrogens (tertiary/aromatic N) is 4. The molecule has 1 aromatic heterocycles. The number of rotatable bonds is 3. The first-order valence-electron chi connectivity index (χ1n) is 9.41. The van der Waals surface area contributed by atoms with Crippen molar-refractivity contribution in [1.82, 2.24) is 13.4 Å². The minimum Gasteiger partial charge on any atom is -0.368 e. The molecule has 2 heterocycles. The van der Waals surface area contributed by atoms with Gasteiger partial charge in [-0.25, -0.2) is 8.42 Å². The van der Waals surface area contributed by atoms with E-state index in [-0.39, 0.29) is 4.90 Å². The second kappa shape index (κ2) is 7.57. The SMILES string of the molecule is Cn1c(=O)c(=O)n(C)c2cc(S(=O)(=O)N3CCN(c4ccccc4Cl)CC3)ccc21. The summed E-state index contributed by atoms with van der Waals surface area (Å²) in [5.74, 6) is 0. The third kappa shape index (κ3) is 3.32. The fourth-order valence-corrected chi connectivity index (χ4v) is 5.45. The molecule has 0 amide bonds. The van der Waals surface area contributed by atoms with E-state index in [1.54, 1.807) is 6.07 Å². The molecule has 0 unspecified atom stereocenters. The number of piperazine rings is 1. The lowest BCUT2D eigenvalue weighted by Gasteiger charge is -2.35. The Kier molecular flexibility index (Phi) is 5.21. The van der Waals surface area contributed by atoms with Crippen LogP contribution >= 0.6 is 11.6 Å². The molecule has 1 fully saturated rings. The predicted octanol–water partition coefficient (Wildman–Crippen LogP) is 1.40. The molecule has 4 rings (SSSR count). The molecule has 0 N–H and O–H groups in total. The van der Waals surface area contributed by atoms with Gasteiger partial charge in [0, 0.05) is 40.3 Å². The number of hydrogen-bond donors (Lipinski definition) is 0. The van der Waals surface area contributed by atoms with Crippen LogP contribution in [-0.4, -0.2) is 48.0 Å². The Morgan fingerprint density at radius 2 is 1.43 bits per heavy atom. The van der Waals surface area contributed by atoms with Crippen molar-refractivity contribution in [3.05, 3.63) is 68.2 Å². The zero-order chi connectivity index (χ0) is 21.6. The second-order valence-electron chi connectivity index (χ2n) is 7.22. The Bertz CT molecular complexity index is 1360. The molecule has 0 saturated carbocycles. The van der Waals surface area contributed by atoms with Crippen LogP contribution in [0.15, 0.2) is 56.9 Å². The van der Waals surface area contributed by atoms with Crippen LogP contribution in [0.1, 0.15) is 0 Å². The lowest BCUT2D eigenvalue weighted by Crippen LogP contribution is -2.48. The normalized spacial score (nSPS) is 15.6. The molecule has 1 aliphatic heterocycles. The molecule has 0 spiro atoms. The maximum atomic E-state index is 13.2. The van der Waals surface area contributed by atoms with Crippen LogP contribution in [0, 0.1) is 0 Å². The maximum Gasteiger partial charge on any atom is 0.316 e. The molecule has 8 nitrogen and oxygen atoms in total. The summed E-state index contributed by atoms with van der Waals surface area (Å²) in [7, 11) is -0.794. The van der Waals surface area contributed by atoms with Gasteiger partial charge in [0.25, 0.3) is 0 Å². The Balaban J connectivity index is 1.65. The van der Waals surface area contributed by atoms with Crippen molar-refractivity contribution in [1.29, 1.82) is 0 Å². The molecule has 1 aliphatic rings. The molecule has 0 radical (unpaired) electrons. The summed E-state index contributed by atoms with van der Waals surface area (Å²) in [5.41, 5.74) is 0.407. The van der Waals surface area contributed by atoms with Crippen LogP contribution in [-0.2, 0) is 24.1 Å². The van der Waals surface area contributed by atoms with E-state index in [9.17, 15) is 18.0 Å². The highest BCUT2D eigenvalue weighted by Gasteiger charge is 2.29. The first kappa shape index (κ1) is 20.6. The topological polar surface area (TPSA) is 84.6 Å². The Hall–Kier alpha value is -2.62. The molecular formula is C20H21ClN4O4S. The summed E-state index contributed by atoms with van der Waals surface area (Å²) in [5, 5.41) is 0.634. The van der Waals surface area contributed by atoms with Crippen molar-refractivity contribution >= 4 is 38.3 Å². The molecular weight excluding hydrogens is 428 g/mol. The van der Waals surface area contributed by atoms with Crippen molar-refractivity contribution in [3.8, 4) is 0 Å². The van der Waals surface area contributed by atoms with Crippen molar-refractivity contribution in [2.45, 2.75) is 4.90 Å². The van der Waals surface area contributed by atoms with Crippen LogP contribution in [0.2, 0.25) is 5.02 Å². The van der Waals surface area contributed by atoms with E-state index in [4.69, 9.17) is 11.6 Å². The summed E-state index contributed by atoms with van der Waals surface area (Å²) in [4.78, 5) is 26.3. The molecule has 3 aromatic rings. The highest BCUT2D eigenvalue weighted by molar-refractivity contribution is 7.89. The molecule has 0 bridgehead atoms. The van der Waals surface area contributed by atoms with Gasteiger partial charge < -0.3 is 14.0 Å². The number of aryl methyl sites for hydroxylation is 2. The number of anilines is 1. The van der Waals surface area contributed by atoms with Crippen LogP contribution in [0.5, 0.6) is 0 Å². The third-order valence-electron chi connectivity index (χ3n) is 5.53. The van der Waals surface area contributed by atoms with Gasteiger partial charge in [-0.3, -0.25) is 9.59 Å². The molecule has 2 aromatic carbocycles. The van der Waals surface area contributed by atoms with E-state index < -0.39 is 21.1 Å². The minimum atomic E-state index is -3.75. The van der Waals surface area contributed by atoms with Crippen molar-refractivity contribution < 1.29 is 8.42 Å². The third-order valence-corrected chi connectivity index (χ3v) is 7.75. The number of fused-ring (bicyclic) bond motifs is 1. The van der Waals surface area contributed by atoms with Gasteiger partial charge in [0.15, 0.2) is 0 Å². The lowest BCUT2D eigenvalue weighted by molar-refractivity contribution is 0.385. The number of para-hydroxylation sites is 1. The molecule has 0 atom stereocenters. The van der Waals surface area contributed by atoms with Crippen LogP contribution in [0.4, 0.5) is 5.69 Å². The minimum absolute atomic E-state index is 0.0924. The van der Waals surface area contributed by atoms with Crippen LogP contribution in [0.25, 0.3) is 11.0 Å². The number of sulfonamides is 1. The molecule has 30 heavy (non-hydrogen) atoms. The van der Waals surface area contributed by atoms with E-state index in [1.807, 2.05) is 24.3 Å². The summed E-state index contributed by atoms with van der Waals surface area (Å²) < 4.78 is 30.3. The van der Waals surface area contributed by atoms with Gasteiger partial charge in [-0.05, 0) is 30.3 Å². The fourth-order valence-electron chi connectivity index (χ4n) is 3.75. The fraction of sp³-hybridized carbons (Fsp3) is 0.300. The first-order valence-corrected chi connectivity index (χ1v) is 11.2.